The molecule has 0 heterocycles. The molecule has 5 heteroatoms. The third kappa shape index (κ3) is 2.67. The van der Waals surface area contributed by atoms with E-state index >= 15 is 0 Å². The van der Waals surface area contributed by atoms with Crippen molar-refractivity contribution in [3.63, 3.8) is 0 Å². The van der Waals surface area contributed by atoms with Crippen LogP contribution >= 0.6 is 0 Å². The van der Waals surface area contributed by atoms with Crippen LogP contribution in [0.3, 0.4) is 0 Å². The molecule has 1 aliphatic rings. The third-order valence-corrected chi connectivity index (χ3v) is 2.83. The number of para-hydroxylation sites is 1. The van der Waals surface area contributed by atoms with Gasteiger partial charge in [-0.1, -0.05) is 6.07 Å². The molecule has 0 radical (unpaired) electrons. The Kier molecular flexibility index (Phi) is 3.17. The molecule has 17 heavy (non-hydrogen) atoms. The van der Waals surface area contributed by atoms with Gasteiger partial charge in [0.1, 0.15) is 0 Å². The van der Waals surface area contributed by atoms with E-state index in [4.69, 9.17) is 10.5 Å². The lowest BCUT2D eigenvalue weighted by atomic mass is 10.3. The SMILES string of the molecule is CN(C(=O)COc1c(N)cccc1F)C1CC1. The van der Waals surface area contributed by atoms with Crippen molar-refractivity contribution in [2.45, 2.75) is 18.9 Å². The molecule has 2 N–H and O–H groups in total. The summed E-state index contributed by atoms with van der Waals surface area (Å²) in [5, 5.41) is 0. The zero-order valence-corrected chi connectivity index (χ0v) is 9.65. The smallest absolute Gasteiger partial charge is 0.260 e. The molecular formula is C12H15FN2O2. The molecule has 1 aromatic carbocycles. The summed E-state index contributed by atoms with van der Waals surface area (Å²) in [7, 11) is 1.73. The first-order valence-electron chi connectivity index (χ1n) is 5.52. The highest BCUT2D eigenvalue weighted by Gasteiger charge is 2.29. The lowest BCUT2D eigenvalue weighted by molar-refractivity contribution is -0.132. The number of hydrogen-bond donors (Lipinski definition) is 1. The Balaban J connectivity index is 1.95. The second-order valence-corrected chi connectivity index (χ2v) is 4.18. The van der Waals surface area contributed by atoms with Gasteiger partial charge < -0.3 is 15.4 Å². The van der Waals surface area contributed by atoms with Gasteiger partial charge in [0.2, 0.25) is 0 Å². The van der Waals surface area contributed by atoms with Crippen molar-refractivity contribution in [2.75, 3.05) is 19.4 Å². The number of benzene rings is 1. The Hall–Kier alpha value is -1.78. The van der Waals surface area contributed by atoms with E-state index in [2.05, 4.69) is 0 Å². The van der Waals surface area contributed by atoms with Gasteiger partial charge in [0.15, 0.2) is 18.2 Å². The van der Waals surface area contributed by atoms with E-state index in [0.717, 1.165) is 12.8 Å². The molecule has 0 aromatic heterocycles. The first-order valence-corrected chi connectivity index (χ1v) is 5.52. The highest BCUT2D eigenvalue weighted by Crippen LogP contribution is 2.27. The monoisotopic (exact) mass is 238 g/mol. The van der Waals surface area contributed by atoms with Crippen LogP contribution in [-0.4, -0.2) is 30.5 Å². The number of carbonyl (C=O) groups excluding carboxylic acids is 1. The highest BCUT2D eigenvalue weighted by atomic mass is 19.1. The van der Waals surface area contributed by atoms with Gasteiger partial charge in [-0.05, 0) is 25.0 Å². The van der Waals surface area contributed by atoms with Gasteiger partial charge in [-0.15, -0.1) is 0 Å². The number of ether oxygens (including phenoxy) is 1. The fourth-order valence-electron chi connectivity index (χ4n) is 1.58. The number of nitrogen functional groups attached to an aromatic ring is 1. The standard InChI is InChI=1S/C12H15FN2O2/c1-15(8-5-6-8)11(16)7-17-12-9(13)3-2-4-10(12)14/h2-4,8H,5-7,14H2,1H3. The van der Waals surface area contributed by atoms with Crippen molar-refractivity contribution in [3.8, 4) is 5.75 Å². The minimum Gasteiger partial charge on any atom is -0.479 e. The van der Waals surface area contributed by atoms with E-state index in [1.165, 1.54) is 18.2 Å². The molecule has 1 aromatic rings. The molecule has 1 fully saturated rings. The predicted molar refractivity (Wildman–Crippen MR) is 62.1 cm³/mol. The van der Waals surface area contributed by atoms with Crippen LogP contribution < -0.4 is 10.5 Å². The van der Waals surface area contributed by atoms with E-state index in [1.54, 1.807) is 11.9 Å². The van der Waals surface area contributed by atoms with Crippen LogP contribution in [0, 0.1) is 5.82 Å². The molecule has 0 unspecified atom stereocenters. The molecule has 92 valence electrons. The minimum atomic E-state index is -0.549. The average Bonchev–Trinajstić information content (AvgIpc) is 3.11. The molecule has 0 aliphatic heterocycles. The fraction of sp³-hybridized carbons (Fsp3) is 0.417. The lowest BCUT2D eigenvalue weighted by Gasteiger charge is -2.17. The number of hydrogen-bond acceptors (Lipinski definition) is 3. The van der Waals surface area contributed by atoms with Crippen molar-refractivity contribution in [1.29, 1.82) is 0 Å². The molecule has 0 saturated heterocycles. The predicted octanol–water partition coefficient (Wildman–Crippen LogP) is 1.41. The summed E-state index contributed by atoms with van der Waals surface area (Å²) in [5.41, 5.74) is 5.77. The number of nitrogens with two attached hydrogens (primary N) is 1. The summed E-state index contributed by atoms with van der Waals surface area (Å²) < 4.78 is 18.5. The second-order valence-electron chi connectivity index (χ2n) is 4.18. The maximum atomic E-state index is 13.3. The minimum absolute atomic E-state index is 0.0509. The Morgan fingerprint density at radius 1 is 1.59 bits per heavy atom. The molecule has 1 aliphatic carbocycles. The van der Waals surface area contributed by atoms with E-state index in [-0.39, 0.29) is 24.0 Å². The Bertz CT molecular complexity index is 412. The Morgan fingerprint density at radius 3 is 2.88 bits per heavy atom. The maximum Gasteiger partial charge on any atom is 0.260 e. The highest BCUT2D eigenvalue weighted by molar-refractivity contribution is 5.78. The van der Waals surface area contributed by atoms with Gasteiger partial charge in [-0.2, -0.15) is 0 Å². The van der Waals surface area contributed by atoms with E-state index in [1.807, 2.05) is 0 Å². The molecule has 0 atom stereocenters. The molecular weight excluding hydrogens is 223 g/mol. The lowest BCUT2D eigenvalue weighted by Crippen LogP contribution is -2.33. The Labute approximate surface area is 99.2 Å². The number of nitrogens with zero attached hydrogens (tertiary/aromatic N) is 1. The van der Waals surface area contributed by atoms with Crippen LogP contribution in [0.15, 0.2) is 18.2 Å². The van der Waals surface area contributed by atoms with Crippen LogP contribution in [0.2, 0.25) is 0 Å². The average molecular weight is 238 g/mol. The molecule has 4 nitrogen and oxygen atoms in total. The van der Waals surface area contributed by atoms with Crippen molar-refractivity contribution in [3.05, 3.63) is 24.0 Å². The fourth-order valence-corrected chi connectivity index (χ4v) is 1.58. The number of halogens is 1. The Morgan fingerprint density at radius 2 is 2.29 bits per heavy atom. The zero-order valence-electron chi connectivity index (χ0n) is 9.65. The van der Waals surface area contributed by atoms with Crippen molar-refractivity contribution in [2.24, 2.45) is 0 Å². The number of amides is 1. The molecule has 1 saturated carbocycles. The molecule has 0 bridgehead atoms. The zero-order chi connectivity index (χ0) is 12.4. The maximum absolute atomic E-state index is 13.3. The van der Waals surface area contributed by atoms with Gasteiger partial charge in [0.05, 0.1) is 5.69 Å². The topological polar surface area (TPSA) is 55.6 Å². The summed E-state index contributed by atoms with van der Waals surface area (Å²) in [6, 6.07) is 4.60. The summed E-state index contributed by atoms with van der Waals surface area (Å²) >= 11 is 0. The summed E-state index contributed by atoms with van der Waals surface area (Å²) in [6.07, 6.45) is 2.06. The number of carbonyl (C=O) groups is 1. The van der Waals surface area contributed by atoms with Gasteiger partial charge >= 0.3 is 0 Å². The number of rotatable bonds is 4. The number of anilines is 1. The molecule has 2 rings (SSSR count). The van der Waals surface area contributed by atoms with Crippen LogP contribution in [0.5, 0.6) is 5.75 Å². The summed E-state index contributed by atoms with van der Waals surface area (Å²) in [5.74, 6) is -0.757. The first kappa shape index (κ1) is 11.7. The van der Waals surface area contributed by atoms with Crippen LogP contribution in [0.1, 0.15) is 12.8 Å². The van der Waals surface area contributed by atoms with Crippen LogP contribution in [-0.2, 0) is 4.79 Å². The van der Waals surface area contributed by atoms with Gasteiger partial charge in [0.25, 0.3) is 5.91 Å². The number of likely N-dealkylation sites (N-methyl/N-ethyl adjacent to an activating group) is 1. The van der Waals surface area contributed by atoms with Crippen molar-refractivity contribution in [1.82, 2.24) is 4.90 Å². The van der Waals surface area contributed by atoms with E-state index in [0.29, 0.717) is 6.04 Å². The first-order chi connectivity index (χ1) is 8.09. The van der Waals surface area contributed by atoms with Crippen LogP contribution in [0.4, 0.5) is 10.1 Å². The van der Waals surface area contributed by atoms with Gasteiger partial charge in [-0.3, -0.25) is 4.79 Å². The van der Waals surface area contributed by atoms with E-state index < -0.39 is 5.82 Å². The van der Waals surface area contributed by atoms with Gasteiger partial charge in [0, 0.05) is 13.1 Å². The largest absolute Gasteiger partial charge is 0.479 e. The third-order valence-electron chi connectivity index (χ3n) is 2.83. The van der Waals surface area contributed by atoms with Gasteiger partial charge in [-0.25, -0.2) is 4.39 Å². The van der Waals surface area contributed by atoms with Crippen molar-refractivity contribution >= 4 is 11.6 Å². The van der Waals surface area contributed by atoms with Crippen molar-refractivity contribution < 1.29 is 13.9 Å². The van der Waals surface area contributed by atoms with Crippen LogP contribution in [0.25, 0.3) is 0 Å². The van der Waals surface area contributed by atoms with E-state index in [9.17, 15) is 9.18 Å². The summed E-state index contributed by atoms with van der Waals surface area (Å²) in [6.45, 7) is -0.182. The normalized spacial score (nSPS) is 14.5. The second kappa shape index (κ2) is 4.61. The summed E-state index contributed by atoms with van der Waals surface area (Å²) in [4.78, 5) is 13.3. The quantitative estimate of drug-likeness (QED) is 0.807. The molecule has 0 spiro atoms. The molecule has 1 amide bonds.